The fraction of sp³-hybridized carbons (Fsp3) is 0.452. The van der Waals surface area contributed by atoms with Crippen LogP contribution < -0.4 is 4.74 Å². The molecule has 1 N–H and O–H groups in total. The van der Waals surface area contributed by atoms with Crippen LogP contribution in [0.5, 0.6) is 5.88 Å². The third-order valence-electron chi connectivity index (χ3n) is 12.8. The summed E-state index contributed by atoms with van der Waals surface area (Å²) in [5.74, 6) is -0.922. The second-order valence-corrected chi connectivity index (χ2v) is 15.8. The Kier molecular flexibility index (Phi) is 8.64. The first kappa shape index (κ1) is 35.4. The standard InChI is InChI=1S/C42H43F2N7O4/c1-22(32-11-6-14-48(32)3)55-41-30-19-34(33-12-7-15-49(33)23(2)52)51(39-25-17-35(39)50(21-25)42(53)54)40(30)29-16-24(8-5-13-45)36(37(44)38(29)47-41)27-9-4-10-31-28(27)18-26(43)20-46-31/h4,9-10,16,18-20,22,25,32-33,35,39H,5-8,11-12,14-15,17,21H2,1-3H3,(H,53,54)/t22?,25-,32+,33-,35-,39+/m1/s1. The van der Waals surface area contributed by atoms with Crippen LogP contribution in [0.25, 0.3) is 43.8 Å². The first-order valence-electron chi connectivity index (χ1n) is 19.3. The van der Waals surface area contributed by atoms with E-state index in [1.807, 2.05) is 24.0 Å². The van der Waals surface area contributed by atoms with Crippen LogP contribution >= 0.6 is 0 Å². The largest absolute Gasteiger partial charge is 0.472 e. The maximum absolute atomic E-state index is 17.8. The molecule has 11 nitrogen and oxygen atoms in total. The van der Waals surface area contributed by atoms with Crippen molar-refractivity contribution in [3.63, 3.8) is 0 Å². The fourth-order valence-corrected chi connectivity index (χ4v) is 10.2. The lowest BCUT2D eigenvalue weighted by atomic mass is 9.79. The lowest BCUT2D eigenvalue weighted by Gasteiger charge is -2.40. The number of ether oxygens (including phenoxy) is 1. The summed E-state index contributed by atoms with van der Waals surface area (Å²) in [4.78, 5) is 40.4. The summed E-state index contributed by atoms with van der Waals surface area (Å²) in [7, 11) is 2.07. The number of likely N-dealkylation sites (N-methyl/N-ethyl adjacent to an activating group) is 1. The molecule has 4 aliphatic heterocycles. The highest BCUT2D eigenvalue weighted by Gasteiger charge is 2.56. The summed E-state index contributed by atoms with van der Waals surface area (Å²) in [6.07, 6.45) is 4.43. The minimum atomic E-state index is -0.972. The van der Waals surface area contributed by atoms with Crippen LogP contribution in [0.3, 0.4) is 0 Å². The van der Waals surface area contributed by atoms with Crippen molar-refractivity contribution < 1.29 is 28.2 Å². The van der Waals surface area contributed by atoms with E-state index < -0.39 is 17.7 Å². The number of hydrogen-bond acceptors (Lipinski definition) is 7. The molecular weight excluding hydrogens is 705 g/mol. The maximum atomic E-state index is 17.8. The number of aryl methyl sites for hydroxylation is 1. The Morgan fingerprint density at radius 2 is 1.91 bits per heavy atom. The van der Waals surface area contributed by atoms with Crippen molar-refractivity contribution in [2.24, 2.45) is 5.92 Å². The van der Waals surface area contributed by atoms with Crippen molar-refractivity contribution in [1.29, 1.82) is 5.26 Å². The average molecular weight is 748 g/mol. The summed E-state index contributed by atoms with van der Waals surface area (Å²) in [5.41, 5.74) is 3.33. The number of likely N-dealkylation sites (tertiary alicyclic amines) is 2. The van der Waals surface area contributed by atoms with Gasteiger partial charge in [0.15, 0.2) is 5.82 Å². The number of amides is 2. The Bertz CT molecular complexity index is 2440. The van der Waals surface area contributed by atoms with Crippen molar-refractivity contribution in [2.45, 2.75) is 89.1 Å². The number of benzene rings is 2. The van der Waals surface area contributed by atoms with E-state index in [1.54, 1.807) is 25.1 Å². The molecule has 5 aliphatic rings. The third-order valence-corrected chi connectivity index (χ3v) is 12.8. The highest BCUT2D eigenvalue weighted by molar-refractivity contribution is 6.10. The van der Waals surface area contributed by atoms with Crippen molar-refractivity contribution in [3.8, 4) is 23.1 Å². The molecule has 1 aliphatic carbocycles. The predicted molar refractivity (Wildman–Crippen MR) is 203 cm³/mol. The number of fused-ring (bicyclic) bond motifs is 5. The first-order valence-corrected chi connectivity index (χ1v) is 19.3. The van der Waals surface area contributed by atoms with Crippen LogP contribution in [0.4, 0.5) is 13.6 Å². The van der Waals surface area contributed by atoms with E-state index in [2.05, 4.69) is 27.6 Å². The molecule has 0 spiro atoms. The Balaban J connectivity index is 1.36. The molecule has 284 valence electrons. The van der Waals surface area contributed by atoms with Crippen molar-refractivity contribution in [2.75, 3.05) is 26.7 Å². The van der Waals surface area contributed by atoms with Crippen LogP contribution in [0, 0.1) is 28.9 Å². The Hall–Kier alpha value is -5.35. The quantitative estimate of drug-likeness (QED) is 0.172. The zero-order chi connectivity index (χ0) is 38.3. The van der Waals surface area contributed by atoms with Gasteiger partial charge in [0.05, 0.1) is 46.8 Å². The van der Waals surface area contributed by atoms with Crippen LogP contribution in [0.2, 0.25) is 0 Å². The van der Waals surface area contributed by atoms with Gasteiger partial charge in [-0.1, -0.05) is 12.1 Å². The van der Waals surface area contributed by atoms with Gasteiger partial charge in [-0.2, -0.15) is 5.26 Å². The zero-order valence-corrected chi connectivity index (χ0v) is 31.1. The van der Waals surface area contributed by atoms with Crippen LogP contribution in [-0.2, 0) is 11.2 Å². The molecule has 2 amide bonds. The van der Waals surface area contributed by atoms with Gasteiger partial charge >= 0.3 is 6.09 Å². The van der Waals surface area contributed by atoms with Gasteiger partial charge in [0, 0.05) is 60.4 Å². The van der Waals surface area contributed by atoms with Crippen molar-refractivity contribution >= 4 is 44.7 Å². The highest BCUT2D eigenvalue weighted by atomic mass is 19.1. The van der Waals surface area contributed by atoms with Gasteiger partial charge in [-0.15, -0.1) is 0 Å². The third kappa shape index (κ3) is 5.59. The number of hydrogen-bond donors (Lipinski definition) is 1. The van der Waals surface area contributed by atoms with Crippen LogP contribution in [0.15, 0.2) is 42.6 Å². The summed E-state index contributed by atoms with van der Waals surface area (Å²) < 4.78 is 41.6. The molecule has 13 heteroatoms. The predicted octanol–water partition coefficient (Wildman–Crippen LogP) is 7.61. The molecular formula is C42H43F2N7O4. The van der Waals surface area contributed by atoms with Gasteiger partial charge in [0.2, 0.25) is 11.8 Å². The molecule has 2 aromatic carbocycles. The number of carboxylic acid groups (broad SMARTS) is 1. The normalized spacial score (nSPS) is 24.2. The SMILES string of the molecule is CC(=O)N1CCC[C@@H]1c1cc2c(OC(C)[C@@H]3CCCN3C)nc3c(F)c(-c4cccc5ncc(F)cc45)c(CCC#N)cc3c2n1[C@H]1[C@@H]2C[C@H]1N(C(=O)O)C2. The van der Waals surface area contributed by atoms with Gasteiger partial charge in [0.25, 0.3) is 0 Å². The second kappa shape index (κ2) is 13.4. The number of halogens is 2. The van der Waals surface area contributed by atoms with E-state index in [0.29, 0.717) is 57.8 Å². The molecule has 7 heterocycles. The van der Waals surface area contributed by atoms with E-state index in [-0.39, 0.29) is 71.9 Å². The number of carbonyl (C=O) groups is 2. The molecule has 6 atom stereocenters. The fourth-order valence-electron chi connectivity index (χ4n) is 10.2. The molecule has 5 fully saturated rings. The number of nitriles is 1. The minimum Gasteiger partial charge on any atom is -0.472 e. The Labute approximate surface area is 317 Å². The number of nitrogens with zero attached hydrogens (tertiary/aromatic N) is 7. The van der Waals surface area contributed by atoms with E-state index in [0.717, 1.165) is 44.1 Å². The molecule has 10 rings (SSSR count). The van der Waals surface area contributed by atoms with Gasteiger partial charge in [-0.25, -0.2) is 18.6 Å². The smallest absolute Gasteiger partial charge is 0.407 e. The van der Waals surface area contributed by atoms with Gasteiger partial charge in [-0.3, -0.25) is 14.7 Å². The number of pyridine rings is 2. The lowest BCUT2D eigenvalue weighted by molar-refractivity contribution is -0.129. The summed E-state index contributed by atoms with van der Waals surface area (Å²) in [6.45, 7) is 5.52. The molecule has 2 bridgehead atoms. The van der Waals surface area contributed by atoms with E-state index in [1.165, 1.54) is 11.0 Å². The van der Waals surface area contributed by atoms with Crippen LogP contribution in [0.1, 0.15) is 75.7 Å². The highest BCUT2D eigenvalue weighted by Crippen LogP contribution is 2.54. The second-order valence-electron chi connectivity index (χ2n) is 15.8. The van der Waals surface area contributed by atoms with Gasteiger partial charge < -0.3 is 24.2 Å². The summed E-state index contributed by atoms with van der Waals surface area (Å²) in [6, 6.07) is 12.0. The van der Waals surface area contributed by atoms with E-state index in [9.17, 15) is 24.3 Å². The number of aromatic nitrogens is 3. The van der Waals surface area contributed by atoms with Gasteiger partial charge in [-0.05, 0) is 94.4 Å². The Morgan fingerprint density at radius 1 is 1.09 bits per heavy atom. The molecule has 3 aromatic heterocycles. The minimum absolute atomic E-state index is 0.0292. The van der Waals surface area contributed by atoms with Crippen molar-refractivity contribution in [1.82, 2.24) is 29.2 Å². The summed E-state index contributed by atoms with van der Waals surface area (Å²) >= 11 is 0. The zero-order valence-electron chi connectivity index (χ0n) is 31.1. The number of carbonyl (C=O) groups excluding carboxylic acids is 1. The molecule has 1 unspecified atom stereocenters. The average Bonchev–Trinajstić information content (AvgIpc) is 3.99. The Morgan fingerprint density at radius 3 is 2.64 bits per heavy atom. The lowest BCUT2D eigenvalue weighted by Crippen LogP contribution is -2.43. The molecule has 4 saturated heterocycles. The van der Waals surface area contributed by atoms with Gasteiger partial charge in [0.1, 0.15) is 17.4 Å². The molecule has 0 radical (unpaired) electrons. The monoisotopic (exact) mass is 747 g/mol. The maximum Gasteiger partial charge on any atom is 0.407 e. The topological polar surface area (TPSA) is 128 Å². The first-order chi connectivity index (χ1) is 26.5. The summed E-state index contributed by atoms with van der Waals surface area (Å²) in [5, 5.41) is 21.6. The number of rotatable bonds is 8. The molecule has 5 aromatic rings. The van der Waals surface area contributed by atoms with E-state index in [4.69, 9.17) is 9.72 Å². The van der Waals surface area contributed by atoms with Crippen molar-refractivity contribution in [3.05, 3.63) is 65.5 Å². The molecule has 55 heavy (non-hydrogen) atoms. The van der Waals surface area contributed by atoms with Crippen LogP contribution in [-0.4, -0.2) is 91.2 Å². The van der Waals surface area contributed by atoms with E-state index >= 15 is 4.39 Å². The molecule has 1 saturated carbocycles.